The van der Waals surface area contributed by atoms with Gasteiger partial charge in [0.05, 0.1) is 5.69 Å². The molecule has 0 radical (unpaired) electrons. The number of nitrogens with zero attached hydrogens (tertiary/aromatic N) is 1. The van der Waals surface area contributed by atoms with Crippen LogP contribution in [0.25, 0.3) is 11.5 Å². The van der Waals surface area contributed by atoms with Gasteiger partial charge in [0, 0.05) is 17.1 Å². The molecule has 0 saturated heterocycles. The molecule has 2 rings (SSSR count). The minimum Gasteiger partial charge on any atom is -0.480 e. The second-order valence-electron chi connectivity index (χ2n) is 4.94. The van der Waals surface area contributed by atoms with Gasteiger partial charge in [0.2, 0.25) is 5.89 Å². The Morgan fingerprint density at radius 2 is 2.25 bits per heavy atom. The summed E-state index contributed by atoms with van der Waals surface area (Å²) in [5.41, 5.74) is 0.394. The Balaban J connectivity index is 2.08. The smallest absolute Gasteiger partial charge is 0.323 e. The summed E-state index contributed by atoms with van der Waals surface area (Å²) in [6, 6.07) is 7.18. The van der Waals surface area contributed by atoms with Crippen molar-refractivity contribution in [3.63, 3.8) is 0 Å². The van der Waals surface area contributed by atoms with E-state index in [1.54, 1.807) is 26.0 Å². The summed E-state index contributed by atoms with van der Waals surface area (Å²) in [6.07, 6.45) is 1.50. The van der Waals surface area contributed by atoms with Crippen LogP contribution in [-0.2, 0) is 11.3 Å². The molecule has 0 atom stereocenters. The van der Waals surface area contributed by atoms with Crippen molar-refractivity contribution in [1.29, 1.82) is 0 Å². The van der Waals surface area contributed by atoms with Crippen LogP contribution in [0.15, 0.2) is 34.9 Å². The second-order valence-corrected chi connectivity index (χ2v) is 5.37. The number of carboxylic acid groups (broad SMARTS) is 1. The quantitative estimate of drug-likeness (QED) is 0.887. The Morgan fingerprint density at radius 1 is 1.50 bits per heavy atom. The fourth-order valence-corrected chi connectivity index (χ4v) is 1.72. The van der Waals surface area contributed by atoms with Gasteiger partial charge in [0.15, 0.2) is 0 Å². The van der Waals surface area contributed by atoms with Crippen molar-refractivity contribution >= 4 is 17.6 Å². The maximum Gasteiger partial charge on any atom is 0.323 e. The van der Waals surface area contributed by atoms with Crippen molar-refractivity contribution in [2.24, 2.45) is 0 Å². The average Bonchev–Trinajstić information content (AvgIpc) is 2.85. The van der Waals surface area contributed by atoms with Crippen molar-refractivity contribution in [3.05, 3.63) is 41.2 Å². The monoisotopic (exact) mass is 294 g/mol. The van der Waals surface area contributed by atoms with Crippen molar-refractivity contribution in [2.45, 2.75) is 25.9 Å². The van der Waals surface area contributed by atoms with Gasteiger partial charge in [-0.2, -0.15) is 0 Å². The third kappa shape index (κ3) is 3.37. The van der Waals surface area contributed by atoms with E-state index in [1.165, 1.54) is 6.26 Å². The highest BCUT2D eigenvalue weighted by Gasteiger charge is 2.26. The fourth-order valence-electron chi connectivity index (χ4n) is 1.53. The van der Waals surface area contributed by atoms with E-state index < -0.39 is 11.5 Å². The highest BCUT2D eigenvalue weighted by Crippen LogP contribution is 2.22. The minimum atomic E-state index is -1.02. The number of halogens is 1. The number of aromatic nitrogens is 1. The predicted octanol–water partition coefficient (Wildman–Crippen LogP) is 2.95. The summed E-state index contributed by atoms with van der Waals surface area (Å²) >= 11 is 5.91. The zero-order valence-electron chi connectivity index (χ0n) is 11.2. The summed E-state index contributed by atoms with van der Waals surface area (Å²) in [7, 11) is 0. The normalized spacial score (nSPS) is 11.6. The van der Waals surface area contributed by atoms with Gasteiger partial charge in [-0.1, -0.05) is 17.7 Å². The number of aliphatic carboxylic acids is 1. The molecule has 5 nitrogen and oxygen atoms in total. The molecule has 0 aliphatic heterocycles. The van der Waals surface area contributed by atoms with Gasteiger partial charge in [-0.25, -0.2) is 4.98 Å². The molecule has 0 spiro atoms. The summed E-state index contributed by atoms with van der Waals surface area (Å²) in [6.45, 7) is 3.49. The topological polar surface area (TPSA) is 75.4 Å². The van der Waals surface area contributed by atoms with Crippen LogP contribution in [0.4, 0.5) is 0 Å². The molecule has 0 aliphatic rings. The summed E-state index contributed by atoms with van der Waals surface area (Å²) < 4.78 is 5.37. The lowest BCUT2D eigenvalue weighted by Crippen LogP contribution is -2.46. The van der Waals surface area contributed by atoms with E-state index in [9.17, 15) is 4.79 Å². The predicted molar refractivity (Wildman–Crippen MR) is 75.5 cm³/mol. The highest BCUT2D eigenvalue weighted by atomic mass is 35.5. The van der Waals surface area contributed by atoms with Crippen LogP contribution in [0.2, 0.25) is 5.02 Å². The number of rotatable bonds is 5. The molecule has 0 amide bonds. The molecular weight excluding hydrogens is 280 g/mol. The van der Waals surface area contributed by atoms with Crippen LogP contribution in [0, 0.1) is 0 Å². The molecule has 0 fully saturated rings. The molecule has 0 unspecified atom stereocenters. The molecule has 2 aromatic rings. The molecular formula is C14H15ClN2O3. The van der Waals surface area contributed by atoms with Gasteiger partial charge in [0.1, 0.15) is 11.8 Å². The van der Waals surface area contributed by atoms with E-state index in [4.69, 9.17) is 21.1 Å². The lowest BCUT2D eigenvalue weighted by molar-refractivity contribution is -0.143. The first kappa shape index (κ1) is 14.6. The third-order valence-electron chi connectivity index (χ3n) is 2.87. The van der Waals surface area contributed by atoms with Gasteiger partial charge < -0.3 is 9.52 Å². The fraction of sp³-hybridized carbons (Fsp3) is 0.286. The van der Waals surface area contributed by atoms with E-state index in [1.807, 2.05) is 12.1 Å². The Hall–Kier alpha value is -1.85. The molecule has 106 valence electrons. The van der Waals surface area contributed by atoms with Gasteiger partial charge in [-0.3, -0.25) is 10.1 Å². The SMILES string of the molecule is CC(C)(NCc1coc(-c2cccc(Cl)c2)n1)C(=O)O. The Labute approximate surface area is 121 Å². The lowest BCUT2D eigenvalue weighted by Gasteiger charge is -2.19. The van der Waals surface area contributed by atoms with Crippen LogP contribution >= 0.6 is 11.6 Å². The van der Waals surface area contributed by atoms with Gasteiger partial charge in [-0.05, 0) is 32.0 Å². The average molecular weight is 295 g/mol. The molecule has 20 heavy (non-hydrogen) atoms. The Bertz CT molecular complexity index is 622. The Morgan fingerprint density at radius 3 is 2.90 bits per heavy atom. The van der Waals surface area contributed by atoms with Crippen LogP contribution in [0.1, 0.15) is 19.5 Å². The summed E-state index contributed by atoms with van der Waals surface area (Å²) in [5.74, 6) is -0.464. The molecule has 0 bridgehead atoms. The van der Waals surface area contributed by atoms with Gasteiger partial charge >= 0.3 is 5.97 Å². The first-order chi connectivity index (χ1) is 9.38. The Kier molecular flexibility index (Phi) is 4.11. The molecule has 1 aromatic heterocycles. The van der Waals surface area contributed by atoms with Crippen molar-refractivity contribution in [1.82, 2.24) is 10.3 Å². The van der Waals surface area contributed by atoms with E-state index in [0.29, 0.717) is 23.2 Å². The van der Waals surface area contributed by atoms with E-state index in [-0.39, 0.29) is 0 Å². The zero-order chi connectivity index (χ0) is 14.8. The molecule has 2 N–H and O–H groups in total. The number of hydrogen-bond acceptors (Lipinski definition) is 4. The van der Waals surface area contributed by atoms with E-state index >= 15 is 0 Å². The van der Waals surface area contributed by atoms with Gasteiger partial charge in [0.25, 0.3) is 0 Å². The van der Waals surface area contributed by atoms with E-state index in [2.05, 4.69) is 10.3 Å². The minimum absolute atomic E-state index is 0.309. The van der Waals surface area contributed by atoms with Crippen molar-refractivity contribution < 1.29 is 14.3 Å². The van der Waals surface area contributed by atoms with E-state index in [0.717, 1.165) is 5.56 Å². The standard InChI is InChI=1S/C14H15ClN2O3/c1-14(2,13(18)19)16-7-11-8-20-12(17-11)9-4-3-5-10(15)6-9/h3-6,8,16H,7H2,1-2H3,(H,18,19). The molecule has 1 heterocycles. The molecule has 6 heteroatoms. The first-order valence-corrected chi connectivity index (χ1v) is 6.45. The first-order valence-electron chi connectivity index (χ1n) is 6.07. The van der Waals surface area contributed by atoms with Crippen LogP contribution in [0.3, 0.4) is 0 Å². The second kappa shape index (κ2) is 5.64. The van der Waals surface area contributed by atoms with Crippen molar-refractivity contribution in [3.8, 4) is 11.5 Å². The maximum absolute atomic E-state index is 11.0. The summed E-state index contributed by atoms with van der Waals surface area (Å²) in [5, 5.41) is 12.5. The van der Waals surface area contributed by atoms with Crippen LogP contribution in [-0.4, -0.2) is 21.6 Å². The largest absolute Gasteiger partial charge is 0.480 e. The molecule has 1 aromatic carbocycles. The molecule has 0 saturated carbocycles. The van der Waals surface area contributed by atoms with Crippen molar-refractivity contribution in [2.75, 3.05) is 0 Å². The zero-order valence-corrected chi connectivity index (χ0v) is 11.9. The highest BCUT2D eigenvalue weighted by molar-refractivity contribution is 6.30. The maximum atomic E-state index is 11.0. The van der Waals surface area contributed by atoms with Gasteiger partial charge in [-0.15, -0.1) is 0 Å². The summed E-state index contributed by atoms with van der Waals surface area (Å²) in [4.78, 5) is 15.3. The number of oxazole rings is 1. The number of nitrogens with one attached hydrogen (secondary N) is 1. The molecule has 0 aliphatic carbocycles. The number of carbonyl (C=O) groups is 1. The third-order valence-corrected chi connectivity index (χ3v) is 3.10. The number of carboxylic acids is 1. The lowest BCUT2D eigenvalue weighted by atomic mass is 10.1. The van der Waals surface area contributed by atoms with Crippen LogP contribution < -0.4 is 5.32 Å². The van der Waals surface area contributed by atoms with Crippen LogP contribution in [0.5, 0.6) is 0 Å². The number of benzene rings is 1. The number of hydrogen-bond donors (Lipinski definition) is 2.